The molecule has 0 amide bonds. The first-order valence-electron chi connectivity index (χ1n) is 6.14. The van der Waals surface area contributed by atoms with Gasteiger partial charge in [0.25, 0.3) is 10.0 Å². The average Bonchev–Trinajstić information content (AvgIpc) is 2.77. The fourth-order valence-corrected chi connectivity index (χ4v) is 4.37. The lowest BCUT2D eigenvalue weighted by atomic mass is 10.2. The van der Waals surface area contributed by atoms with E-state index in [0.717, 1.165) is 30.6 Å². The Labute approximate surface area is 117 Å². The second-order valence-corrected chi connectivity index (χ2v) is 7.76. The second-order valence-electron chi connectivity index (χ2n) is 4.32. The van der Waals surface area contributed by atoms with Gasteiger partial charge in [-0.05, 0) is 18.6 Å². The minimum Gasteiger partial charge on any atom is -0.481 e. The van der Waals surface area contributed by atoms with Crippen molar-refractivity contribution >= 4 is 27.3 Å². The molecule has 0 aliphatic heterocycles. The summed E-state index contributed by atoms with van der Waals surface area (Å²) in [5, 5.41) is 8.68. The standard InChI is InChI=1S/C12H19NO4S2/c1-3-4-5-8-13(2)19(16,17)12-7-6-10(18-12)9-11(14)15/h6-7H,3-5,8-9H2,1-2H3,(H,14,15). The van der Waals surface area contributed by atoms with Gasteiger partial charge in [0, 0.05) is 18.5 Å². The maximum atomic E-state index is 12.2. The van der Waals surface area contributed by atoms with Crippen molar-refractivity contribution < 1.29 is 18.3 Å². The number of rotatable bonds is 8. The van der Waals surface area contributed by atoms with E-state index in [0.29, 0.717) is 11.4 Å². The van der Waals surface area contributed by atoms with Crippen molar-refractivity contribution in [3.63, 3.8) is 0 Å². The van der Waals surface area contributed by atoms with Gasteiger partial charge in [0.05, 0.1) is 6.42 Å². The van der Waals surface area contributed by atoms with Crippen molar-refractivity contribution in [2.75, 3.05) is 13.6 Å². The molecule has 0 spiro atoms. The van der Waals surface area contributed by atoms with Crippen LogP contribution in [0.3, 0.4) is 0 Å². The molecule has 1 N–H and O–H groups in total. The highest BCUT2D eigenvalue weighted by atomic mass is 32.2. The first-order chi connectivity index (χ1) is 8.87. The van der Waals surface area contributed by atoms with Crippen molar-refractivity contribution in [3.8, 4) is 0 Å². The Kier molecular flexibility index (Phi) is 5.96. The van der Waals surface area contributed by atoms with Gasteiger partial charge < -0.3 is 5.11 Å². The summed E-state index contributed by atoms with van der Waals surface area (Å²) in [6.45, 7) is 2.55. The van der Waals surface area contributed by atoms with Gasteiger partial charge in [-0.15, -0.1) is 11.3 Å². The van der Waals surface area contributed by atoms with E-state index >= 15 is 0 Å². The van der Waals surface area contributed by atoms with Gasteiger partial charge >= 0.3 is 5.97 Å². The molecule has 0 bridgehead atoms. The SMILES string of the molecule is CCCCCN(C)S(=O)(=O)c1ccc(CC(=O)O)s1. The van der Waals surface area contributed by atoms with Crippen LogP contribution in [0, 0.1) is 0 Å². The number of unbranched alkanes of at least 4 members (excludes halogenated alkanes) is 2. The number of hydrogen-bond donors (Lipinski definition) is 1. The van der Waals surface area contributed by atoms with Gasteiger partial charge in [-0.25, -0.2) is 12.7 Å². The highest BCUT2D eigenvalue weighted by Crippen LogP contribution is 2.24. The maximum Gasteiger partial charge on any atom is 0.308 e. The van der Waals surface area contributed by atoms with E-state index in [1.807, 2.05) is 0 Å². The number of carboxylic acid groups (broad SMARTS) is 1. The van der Waals surface area contributed by atoms with E-state index < -0.39 is 16.0 Å². The van der Waals surface area contributed by atoms with Gasteiger partial charge in [-0.2, -0.15) is 0 Å². The topological polar surface area (TPSA) is 74.7 Å². The number of sulfonamides is 1. The van der Waals surface area contributed by atoms with E-state index in [9.17, 15) is 13.2 Å². The Morgan fingerprint density at radius 2 is 2.05 bits per heavy atom. The molecule has 0 aliphatic carbocycles. The van der Waals surface area contributed by atoms with Crippen LogP contribution in [0.2, 0.25) is 0 Å². The molecule has 0 saturated carbocycles. The molecule has 1 rings (SSSR count). The lowest BCUT2D eigenvalue weighted by Gasteiger charge is -2.15. The molecule has 7 heteroatoms. The van der Waals surface area contributed by atoms with Crippen LogP contribution >= 0.6 is 11.3 Å². The van der Waals surface area contributed by atoms with Gasteiger partial charge in [0.15, 0.2) is 0 Å². The van der Waals surface area contributed by atoms with E-state index in [4.69, 9.17) is 5.11 Å². The fraction of sp³-hybridized carbons (Fsp3) is 0.583. The molecule has 0 radical (unpaired) electrons. The number of carboxylic acids is 1. The van der Waals surface area contributed by atoms with Crippen molar-refractivity contribution in [1.82, 2.24) is 4.31 Å². The van der Waals surface area contributed by atoms with Crippen LogP contribution in [-0.4, -0.2) is 37.4 Å². The number of nitrogens with zero attached hydrogens (tertiary/aromatic N) is 1. The van der Waals surface area contributed by atoms with E-state index in [2.05, 4.69) is 6.92 Å². The Morgan fingerprint density at radius 3 is 2.63 bits per heavy atom. The van der Waals surface area contributed by atoms with Crippen LogP contribution in [0.15, 0.2) is 16.3 Å². The Hall–Kier alpha value is -0.920. The lowest BCUT2D eigenvalue weighted by Crippen LogP contribution is -2.27. The smallest absolute Gasteiger partial charge is 0.308 e. The molecule has 19 heavy (non-hydrogen) atoms. The largest absolute Gasteiger partial charge is 0.481 e. The molecule has 1 heterocycles. The quantitative estimate of drug-likeness (QED) is 0.747. The zero-order chi connectivity index (χ0) is 14.5. The van der Waals surface area contributed by atoms with Crippen LogP contribution < -0.4 is 0 Å². The predicted octanol–water partition coefficient (Wildman–Crippen LogP) is 2.19. The molecule has 0 atom stereocenters. The molecular formula is C12H19NO4S2. The predicted molar refractivity (Wildman–Crippen MR) is 75.0 cm³/mol. The molecule has 0 fully saturated rings. The van der Waals surface area contributed by atoms with Crippen molar-refractivity contribution in [1.29, 1.82) is 0 Å². The van der Waals surface area contributed by atoms with Gasteiger partial charge in [-0.3, -0.25) is 4.79 Å². The Balaban J connectivity index is 2.76. The maximum absolute atomic E-state index is 12.2. The van der Waals surface area contributed by atoms with Crippen LogP contribution in [-0.2, 0) is 21.2 Å². The average molecular weight is 305 g/mol. The minimum absolute atomic E-state index is 0.139. The first-order valence-corrected chi connectivity index (χ1v) is 8.40. The fourth-order valence-electron chi connectivity index (χ4n) is 1.60. The summed E-state index contributed by atoms with van der Waals surface area (Å²) in [6.07, 6.45) is 2.73. The molecule has 0 aromatic carbocycles. The number of hydrogen-bond acceptors (Lipinski definition) is 4. The number of aliphatic carboxylic acids is 1. The molecule has 0 aliphatic rings. The third-order valence-electron chi connectivity index (χ3n) is 2.70. The van der Waals surface area contributed by atoms with E-state index in [-0.39, 0.29) is 10.6 Å². The summed E-state index contributed by atoms with van der Waals surface area (Å²) < 4.78 is 26.0. The van der Waals surface area contributed by atoms with E-state index in [1.165, 1.54) is 10.4 Å². The molecular weight excluding hydrogens is 286 g/mol. The first kappa shape index (κ1) is 16.1. The number of thiophene rings is 1. The summed E-state index contributed by atoms with van der Waals surface area (Å²) in [5.74, 6) is -0.956. The molecule has 1 aromatic heterocycles. The summed E-state index contributed by atoms with van der Waals surface area (Å²) >= 11 is 1.03. The van der Waals surface area contributed by atoms with Crippen LogP contribution in [0.25, 0.3) is 0 Å². The molecule has 0 unspecified atom stereocenters. The Bertz CT molecular complexity index is 522. The van der Waals surface area contributed by atoms with Crippen LogP contribution in [0.1, 0.15) is 31.1 Å². The van der Waals surface area contributed by atoms with Crippen LogP contribution in [0.5, 0.6) is 0 Å². The van der Waals surface area contributed by atoms with Crippen LogP contribution in [0.4, 0.5) is 0 Å². The third kappa shape index (κ3) is 4.59. The Morgan fingerprint density at radius 1 is 1.37 bits per heavy atom. The van der Waals surface area contributed by atoms with Crippen molar-refractivity contribution in [2.45, 2.75) is 36.8 Å². The molecule has 108 valence electrons. The van der Waals surface area contributed by atoms with Gasteiger partial charge in [0.2, 0.25) is 0 Å². The van der Waals surface area contributed by atoms with Crippen molar-refractivity contribution in [2.24, 2.45) is 0 Å². The molecule has 1 aromatic rings. The highest BCUT2D eigenvalue weighted by Gasteiger charge is 2.22. The minimum atomic E-state index is -3.48. The van der Waals surface area contributed by atoms with Gasteiger partial charge in [0.1, 0.15) is 4.21 Å². The van der Waals surface area contributed by atoms with Gasteiger partial charge in [-0.1, -0.05) is 19.8 Å². The van der Waals surface area contributed by atoms with E-state index in [1.54, 1.807) is 13.1 Å². The lowest BCUT2D eigenvalue weighted by molar-refractivity contribution is -0.136. The van der Waals surface area contributed by atoms with Crippen molar-refractivity contribution in [3.05, 3.63) is 17.0 Å². The monoisotopic (exact) mass is 305 g/mol. The molecule has 0 saturated heterocycles. The normalized spacial score (nSPS) is 11.9. The zero-order valence-electron chi connectivity index (χ0n) is 11.1. The molecule has 5 nitrogen and oxygen atoms in total. The number of carbonyl (C=O) groups is 1. The summed E-state index contributed by atoms with van der Waals surface area (Å²) in [6, 6.07) is 3.04. The summed E-state index contributed by atoms with van der Waals surface area (Å²) in [7, 11) is -1.92. The zero-order valence-corrected chi connectivity index (χ0v) is 12.8. The summed E-state index contributed by atoms with van der Waals surface area (Å²) in [5.41, 5.74) is 0. The second kappa shape index (κ2) is 7.02. The third-order valence-corrected chi connectivity index (χ3v) is 6.11. The summed E-state index contributed by atoms with van der Waals surface area (Å²) in [4.78, 5) is 11.1. The highest BCUT2D eigenvalue weighted by molar-refractivity contribution is 7.91.